The van der Waals surface area contributed by atoms with E-state index < -0.39 is 0 Å². The van der Waals surface area contributed by atoms with Crippen molar-refractivity contribution in [3.8, 4) is 5.69 Å². The second kappa shape index (κ2) is 7.87. The van der Waals surface area contributed by atoms with Crippen molar-refractivity contribution in [1.82, 2.24) is 9.99 Å². The van der Waals surface area contributed by atoms with Crippen LogP contribution in [0.25, 0.3) is 16.7 Å². The van der Waals surface area contributed by atoms with Crippen LogP contribution in [0.15, 0.2) is 64.1 Å². The fourth-order valence-electron chi connectivity index (χ4n) is 3.39. The largest absolute Gasteiger partial charge is 0.451 e. The van der Waals surface area contributed by atoms with Gasteiger partial charge in [-0.2, -0.15) is 5.10 Å². The average molecular weight is 497 g/mol. The fourth-order valence-corrected chi connectivity index (χ4v) is 3.73. The summed E-state index contributed by atoms with van der Waals surface area (Å²) in [6, 6.07) is 17.7. The third kappa shape index (κ3) is 3.85. The number of fused-ring (bicyclic) bond motifs is 1. The summed E-state index contributed by atoms with van der Waals surface area (Å²) in [5.74, 6) is -0.136. The normalized spacial score (nSPS) is 11.4. The third-order valence-electron chi connectivity index (χ3n) is 4.89. The molecule has 0 bridgehead atoms. The van der Waals surface area contributed by atoms with Crippen LogP contribution in [0.2, 0.25) is 0 Å². The van der Waals surface area contributed by atoms with Crippen molar-refractivity contribution >= 4 is 45.7 Å². The van der Waals surface area contributed by atoms with E-state index in [0.29, 0.717) is 5.58 Å². The lowest BCUT2D eigenvalue weighted by atomic mass is 10.2. The van der Waals surface area contributed by atoms with E-state index in [0.717, 1.165) is 28.0 Å². The first-order valence-corrected chi connectivity index (χ1v) is 10.3. The van der Waals surface area contributed by atoms with E-state index in [1.807, 2.05) is 31.2 Å². The van der Waals surface area contributed by atoms with Crippen LogP contribution >= 0.6 is 22.6 Å². The van der Waals surface area contributed by atoms with Gasteiger partial charge in [0.25, 0.3) is 0 Å². The zero-order valence-electron chi connectivity index (χ0n) is 16.4. The van der Waals surface area contributed by atoms with E-state index in [2.05, 4.69) is 75.8 Å². The number of amides is 1. The van der Waals surface area contributed by atoms with E-state index in [1.54, 1.807) is 12.3 Å². The summed E-state index contributed by atoms with van der Waals surface area (Å²) in [4.78, 5) is 12.3. The number of rotatable bonds is 4. The number of halogens is 1. The van der Waals surface area contributed by atoms with Gasteiger partial charge in [-0.25, -0.2) is 5.43 Å². The van der Waals surface area contributed by atoms with Crippen LogP contribution in [0, 0.1) is 24.3 Å². The van der Waals surface area contributed by atoms with Gasteiger partial charge in [-0.15, -0.1) is 0 Å². The monoisotopic (exact) mass is 497 g/mol. The van der Waals surface area contributed by atoms with Crippen molar-refractivity contribution in [3.05, 3.63) is 86.4 Å². The van der Waals surface area contributed by atoms with E-state index >= 15 is 0 Å². The van der Waals surface area contributed by atoms with Crippen molar-refractivity contribution < 1.29 is 9.21 Å². The average Bonchev–Trinajstić information content (AvgIpc) is 3.25. The Kier molecular flexibility index (Phi) is 5.27. The van der Waals surface area contributed by atoms with Gasteiger partial charge < -0.3 is 8.98 Å². The molecule has 0 aliphatic heterocycles. The molecule has 146 valence electrons. The molecule has 5 nitrogen and oxygen atoms in total. The Morgan fingerprint density at radius 1 is 1.10 bits per heavy atom. The lowest BCUT2D eigenvalue weighted by Crippen LogP contribution is -2.16. The van der Waals surface area contributed by atoms with Crippen molar-refractivity contribution in [2.75, 3.05) is 0 Å². The van der Waals surface area contributed by atoms with Crippen molar-refractivity contribution in [2.24, 2.45) is 5.10 Å². The second-order valence-corrected chi connectivity index (χ2v) is 8.11. The summed E-state index contributed by atoms with van der Waals surface area (Å²) in [6.07, 6.45) is 1.67. The number of carbonyl (C=O) groups is 1. The number of carbonyl (C=O) groups excluding carboxylic acids is 1. The molecular formula is C23H20IN3O2. The van der Waals surface area contributed by atoms with E-state index in [1.165, 1.54) is 9.13 Å². The summed E-state index contributed by atoms with van der Waals surface area (Å²) in [7, 11) is 0. The highest BCUT2D eigenvalue weighted by Crippen LogP contribution is 2.23. The summed E-state index contributed by atoms with van der Waals surface area (Å²) in [6.45, 7) is 6.21. The van der Waals surface area contributed by atoms with Crippen molar-refractivity contribution in [1.29, 1.82) is 0 Å². The summed E-state index contributed by atoms with van der Waals surface area (Å²) in [5.41, 5.74) is 8.69. The molecule has 4 aromatic rings. The molecule has 1 N–H and O–H groups in total. The molecule has 0 atom stereocenters. The first kappa shape index (κ1) is 19.4. The van der Waals surface area contributed by atoms with E-state index in [-0.39, 0.29) is 11.7 Å². The van der Waals surface area contributed by atoms with Gasteiger partial charge in [-0.05, 0) is 85.3 Å². The molecule has 4 rings (SSSR count). The molecule has 0 saturated carbocycles. The number of hydrogen-bond acceptors (Lipinski definition) is 3. The van der Waals surface area contributed by atoms with Gasteiger partial charge in [-0.1, -0.05) is 18.2 Å². The Morgan fingerprint density at radius 3 is 2.66 bits per heavy atom. The molecule has 2 aromatic carbocycles. The molecule has 0 fully saturated rings. The predicted octanol–water partition coefficient (Wildman–Crippen LogP) is 5.52. The molecule has 2 heterocycles. The quantitative estimate of drug-likeness (QED) is 0.230. The summed E-state index contributed by atoms with van der Waals surface area (Å²) >= 11 is 2.34. The minimum atomic E-state index is -0.375. The smallest absolute Gasteiger partial charge is 0.307 e. The number of furan rings is 1. The molecule has 6 heteroatoms. The lowest BCUT2D eigenvalue weighted by molar-refractivity contribution is 0.0929. The molecule has 0 radical (unpaired) electrons. The molecule has 0 saturated heterocycles. The van der Waals surface area contributed by atoms with Gasteiger partial charge in [0, 0.05) is 31.6 Å². The Morgan fingerprint density at radius 2 is 1.90 bits per heavy atom. The van der Waals surface area contributed by atoms with Crippen LogP contribution in [0.5, 0.6) is 0 Å². The fraction of sp³-hybridized carbons (Fsp3) is 0.130. The summed E-state index contributed by atoms with van der Waals surface area (Å²) in [5, 5.41) is 5.02. The zero-order valence-corrected chi connectivity index (χ0v) is 18.5. The third-order valence-corrected chi connectivity index (χ3v) is 6.10. The minimum Gasteiger partial charge on any atom is -0.451 e. The number of nitrogens with zero attached hydrogens (tertiary/aromatic N) is 2. The van der Waals surface area contributed by atoms with Gasteiger partial charge in [0.1, 0.15) is 5.58 Å². The zero-order chi connectivity index (χ0) is 20.5. The molecule has 29 heavy (non-hydrogen) atoms. The van der Waals surface area contributed by atoms with Crippen LogP contribution in [-0.2, 0) is 0 Å². The van der Waals surface area contributed by atoms with Gasteiger partial charge >= 0.3 is 5.91 Å². The molecule has 0 aliphatic carbocycles. The van der Waals surface area contributed by atoms with Crippen molar-refractivity contribution in [2.45, 2.75) is 20.8 Å². The van der Waals surface area contributed by atoms with E-state index in [4.69, 9.17) is 4.42 Å². The standard InChI is InChI=1S/C23H20IN3O2/c1-14-10-19(8-9-20(14)24)27-15(2)11-18(16(27)3)13-25-26-23(28)22-12-17-6-4-5-7-21(17)29-22/h4-13H,1-3H3,(H,26,28)/b25-13-. The highest BCUT2D eigenvalue weighted by molar-refractivity contribution is 14.1. The van der Waals surface area contributed by atoms with Crippen LogP contribution < -0.4 is 5.43 Å². The van der Waals surface area contributed by atoms with Crippen LogP contribution in [-0.4, -0.2) is 16.7 Å². The van der Waals surface area contributed by atoms with Gasteiger partial charge in [0.15, 0.2) is 5.76 Å². The van der Waals surface area contributed by atoms with Gasteiger partial charge in [0.05, 0.1) is 6.21 Å². The maximum absolute atomic E-state index is 12.3. The molecule has 0 unspecified atom stereocenters. The highest BCUT2D eigenvalue weighted by atomic mass is 127. The predicted molar refractivity (Wildman–Crippen MR) is 124 cm³/mol. The molecule has 0 spiro atoms. The number of hydrogen-bond donors (Lipinski definition) is 1. The molecule has 2 aromatic heterocycles. The lowest BCUT2D eigenvalue weighted by Gasteiger charge is -2.11. The topological polar surface area (TPSA) is 59.5 Å². The van der Waals surface area contributed by atoms with Gasteiger partial charge in [-0.3, -0.25) is 4.79 Å². The molecule has 1 amide bonds. The minimum absolute atomic E-state index is 0.239. The summed E-state index contributed by atoms with van der Waals surface area (Å²) < 4.78 is 8.99. The Labute approximate surface area is 182 Å². The Balaban J connectivity index is 1.54. The van der Waals surface area contributed by atoms with Crippen LogP contribution in [0.1, 0.15) is 33.1 Å². The van der Waals surface area contributed by atoms with Gasteiger partial charge in [0.2, 0.25) is 0 Å². The number of para-hydroxylation sites is 1. The Bertz CT molecular complexity index is 1220. The number of aryl methyl sites for hydroxylation is 2. The number of nitrogens with one attached hydrogen (secondary N) is 1. The SMILES string of the molecule is Cc1cc(-n2c(C)cc(/C=N\NC(=O)c3cc4ccccc4o3)c2C)ccc1I. The van der Waals surface area contributed by atoms with Crippen molar-refractivity contribution in [3.63, 3.8) is 0 Å². The number of aromatic nitrogens is 1. The Hall–Kier alpha value is -2.87. The number of hydrazone groups is 1. The maximum atomic E-state index is 12.3. The molecule has 0 aliphatic rings. The second-order valence-electron chi connectivity index (χ2n) is 6.94. The first-order valence-electron chi connectivity index (χ1n) is 9.21. The number of benzene rings is 2. The van der Waals surface area contributed by atoms with Crippen LogP contribution in [0.4, 0.5) is 0 Å². The maximum Gasteiger partial charge on any atom is 0.307 e. The van der Waals surface area contributed by atoms with E-state index in [9.17, 15) is 4.79 Å². The molecular weight excluding hydrogens is 477 g/mol. The van der Waals surface area contributed by atoms with Crippen LogP contribution in [0.3, 0.4) is 0 Å². The first-order chi connectivity index (χ1) is 13.9. The highest BCUT2D eigenvalue weighted by Gasteiger charge is 2.12.